The zero-order valence-corrected chi connectivity index (χ0v) is 39.0. The van der Waals surface area contributed by atoms with Gasteiger partial charge in [0.1, 0.15) is 6.61 Å². The van der Waals surface area contributed by atoms with E-state index >= 15 is 0 Å². The second-order valence-electron chi connectivity index (χ2n) is 14.5. The zero-order valence-electron chi connectivity index (χ0n) is 39.0. The van der Waals surface area contributed by atoms with Crippen LogP contribution < -0.4 is 0 Å². The molecular formula is C57H84O5. The fraction of sp³-hybridized carbons (Fsp3) is 0.474. The van der Waals surface area contributed by atoms with Crippen molar-refractivity contribution in [3.63, 3.8) is 0 Å². The van der Waals surface area contributed by atoms with E-state index in [-0.39, 0.29) is 38.0 Å². The number of allylic oxidation sites excluding steroid dienone is 27. The summed E-state index contributed by atoms with van der Waals surface area (Å²) in [4.78, 5) is 25.2. The number of ether oxygens (including phenoxy) is 3. The molecule has 0 bridgehead atoms. The van der Waals surface area contributed by atoms with Gasteiger partial charge in [-0.15, -0.1) is 0 Å². The topological polar surface area (TPSA) is 61.8 Å². The summed E-state index contributed by atoms with van der Waals surface area (Å²) < 4.78 is 17.1. The molecule has 0 aromatic heterocycles. The molecule has 0 fully saturated rings. The van der Waals surface area contributed by atoms with Gasteiger partial charge in [-0.3, -0.25) is 9.59 Å². The maximum absolute atomic E-state index is 12.7. The minimum Gasteiger partial charge on any atom is -0.461 e. The number of unbranched alkanes of at least 4 members (excludes halogenated alkanes) is 2. The average Bonchev–Trinajstić information content (AvgIpc) is 3.27. The monoisotopic (exact) mass is 849 g/mol. The van der Waals surface area contributed by atoms with Gasteiger partial charge in [0, 0.05) is 13.0 Å². The van der Waals surface area contributed by atoms with Crippen LogP contribution in [0.4, 0.5) is 0 Å². The molecule has 0 rings (SSSR count). The second kappa shape index (κ2) is 50.6. The van der Waals surface area contributed by atoms with Crippen LogP contribution in [0.1, 0.15) is 149 Å². The molecule has 342 valence electrons. The minimum absolute atomic E-state index is 0.0285. The van der Waals surface area contributed by atoms with Crippen LogP contribution in [-0.4, -0.2) is 37.9 Å². The van der Waals surface area contributed by atoms with Crippen molar-refractivity contribution in [3.8, 4) is 0 Å². The van der Waals surface area contributed by atoms with Gasteiger partial charge in [-0.2, -0.15) is 0 Å². The van der Waals surface area contributed by atoms with Crippen molar-refractivity contribution in [1.29, 1.82) is 0 Å². The summed E-state index contributed by atoms with van der Waals surface area (Å²) in [6.45, 7) is 7.14. The van der Waals surface area contributed by atoms with Crippen molar-refractivity contribution in [2.45, 2.75) is 155 Å². The predicted molar refractivity (Wildman–Crippen MR) is 269 cm³/mol. The molecule has 0 aliphatic carbocycles. The van der Waals surface area contributed by atoms with E-state index in [4.69, 9.17) is 14.2 Å². The summed E-state index contributed by atoms with van der Waals surface area (Å²) in [7, 11) is 0. The van der Waals surface area contributed by atoms with Gasteiger partial charge >= 0.3 is 11.9 Å². The van der Waals surface area contributed by atoms with E-state index in [0.717, 1.165) is 109 Å². The highest BCUT2D eigenvalue weighted by Crippen LogP contribution is 2.06. The molecule has 1 atom stereocenters. The van der Waals surface area contributed by atoms with E-state index in [0.29, 0.717) is 13.0 Å². The highest BCUT2D eigenvalue weighted by atomic mass is 16.6. The van der Waals surface area contributed by atoms with Crippen LogP contribution in [0.3, 0.4) is 0 Å². The summed E-state index contributed by atoms with van der Waals surface area (Å²) in [5, 5.41) is 0. The molecule has 0 radical (unpaired) electrons. The van der Waals surface area contributed by atoms with E-state index in [1.54, 1.807) is 0 Å². The Bertz CT molecular complexity index is 1470. The first-order valence-electron chi connectivity index (χ1n) is 23.7. The van der Waals surface area contributed by atoms with Crippen molar-refractivity contribution >= 4 is 11.9 Å². The molecule has 0 N–H and O–H groups in total. The van der Waals surface area contributed by atoms with Gasteiger partial charge in [-0.25, -0.2) is 0 Å². The summed E-state index contributed by atoms with van der Waals surface area (Å²) in [5.41, 5.74) is 0. The minimum atomic E-state index is -0.650. The first-order chi connectivity index (χ1) is 30.6. The highest BCUT2D eigenvalue weighted by Gasteiger charge is 2.17. The Morgan fingerprint density at radius 2 is 0.710 bits per heavy atom. The molecule has 5 heteroatoms. The van der Waals surface area contributed by atoms with Crippen molar-refractivity contribution in [1.82, 2.24) is 0 Å². The van der Waals surface area contributed by atoms with Gasteiger partial charge < -0.3 is 14.2 Å². The van der Waals surface area contributed by atoms with Gasteiger partial charge in [0.2, 0.25) is 0 Å². The van der Waals surface area contributed by atoms with E-state index in [1.165, 1.54) is 0 Å². The fourth-order valence-corrected chi connectivity index (χ4v) is 5.38. The normalized spacial score (nSPS) is 13.8. The third kappa shape index (κ3) is 47.9. The van der Waals surface area contributed by atoms with Gasteiger partial charge in [0.15, 0.2) is 6.10 Å². The molecule has 62 heavy (non-hydrogen) atoms. The third-order valence-corrected chi connectivity index (χ3v) is 8.78. The van der Waals surface area contributed by atoms with Gasteiger partial charge in [-0.1, -0.05) is 191 Å². The Hall–Kier alpha value is -4.74. The van der Waals surface area contributed by atoms with Gasteiger partial charge in [-0.05, 0) is 116 Å². The number of hydrogen-bond acceptors (Lipinski definition) is 5. The maximum atomic E-state index is 12.7. The lowest BCUT2D eigenvalue weighted by molar-refractivity contribution is -0.162. The van der Waals surface area contributed by atoms with Crippen molar-refractivity contribution < 1.29 is 23.8 Å². The maximum Gasteiger partial charge on any atom is 0.309 e. The summed E-state index contributed by atoms with van der Waals surface area (Å²) in [6.07, 6.45) is 76.9. The lowest BCUT2D eigenvalue weighted by atomic mass is 10.2. The molecule has 0 aromatic rings. The summed E-state index contributed by atoms with van der Waals surface area (Å²) in [6, 6.07) is 0. The lowest BCUT2D eigenvalue weighted by Crippen LogP contribution is -2.29. The second-order valence-corrected chi connectivity index (χ2v) is 14.5. The van der Waals surface area contributed by atoms with Crippen LogP contribution in [0, 0.1) is 0 Å². The van der Waals surface area contributed by atoms with Gasteiger partial charge in [0.05, 0.1) is 13.0 Å². The van der Waals surface area contributed by atoms with E-state index < -0.39 is 6.10 Å². The largest absolute Gasteiger partial charge is 0.461 e. The number of hydrogen-bond donors (Lipinski definition) is 0. The standard InChI is InChI=1S/C57H84O5/c1-4-7-10-13-16-19-22-25-27-28-29-31-34-37-40-43-46-49-52-60-53-55(62-57(59)51-48-45-42-39-36-32-24-21-18-15-12-9-6-3)54-61-56(58)50-47-44-41-38-35-33-30-26-23-20-17-14-11-8-5-2/h7-12,16-21,25-27,29-32,35-38,40,42,44-45,47,55H,4-6,13-15,22-24,28,33-34,39,41,43,46,48-54H2,1-3H3/b10-7-,11-8-,12-9-,19-16-,20-17-,21-18-,27-25-,30-26-,31-29-,36-32-,38-35-,40-37-,45-42-,47-44-. The molecule has 5 nitrogen and oxygen atoms in total. The SMILES string of the molecule is CC/C=C\C/C=C\C/C=C\C/C=C\C/C=C\CCCCOCC(COC(=O)C/C=C\C/C=C\C/C=C\C/C=C\C/C=C\CC)OC(=O)CC/C=C\C/C=C\C/C=C\C/C=C\CC. The van der Waals surface area contributed by atoms with Crippen molar-refractivity contribution in [2.75, 3.05) is 19.8 Å². The molecule has 0 spiro atoms. The van der Waals surface area contributed by atoms with Crippen LogP contribution in [0.2, 0.25) is 0 Å². The zero-order chi connectivity index (χ0) is 44.9. The molecule has 0 saturated carbocycles. The number of carbonyl (C=O) groups excluding carboxylic acids is 2. The fourth-order valence-electron chi connectivity index (χ4n) is 5.38. The van der Waals surface area contributed by atoms with Crippen LogP contribution in [-0.2, 0) is 23.8 Å². The highest BCUT2D eigenvalue weighted by molar-refractivity contribution is 5.71. The smallest absolute Gasteiger partial charge is 0.309 e. The average molecular weight is 849 g/mol. The number of esters is 2. The number of carbonyl (C=O) groups is 2. The van der Waals surface area contributed by atoms with E-state index in [1.807, 2.05) is 18.2 Å². The Balaban J connectivity index is 4.61. The Kier molecular flexibility index (Phi) is 46.7. The summed E-state index contributed by atoms with van der Waals surface area (Å²) in [5.74, 6) is -0.683. The van der Waals surface area contributed by atoms with Gasteiger partial charge in [0.25, 0.3) is 0 Å². The third-order valence-electron chi connectivity index (χ3n) is 8.78. The lowest BCUT2D eigenvalue weighted by Gasteiger charge is -2.18. The first kappa shape index (κ1) is 57.3. The van der Waals surface area contributed by atoms with Crippen LogP contribution in [0.25, 0.3) is 0 Å². The molecule has 1 unspecified atom stereocenters. The Morgan fingerprint density at radius 1 is 0.371 bits per heavy atom. The Morgan fingerprint density at radius 3 is 1.10 bits per heavy atom. The Labute approximate surface area is 379 Å². The molecule has 0 saturated heterocycles. The number of rotatable bonds is 40. The van der Waals surface area contributed by atoms with Crippen LogP contribution >= 0.6 is 0 Å². The first-order valence-corrected chi connectivity index (χ1v) is 23.7. The summed E-state index contributed by atoms with van der Waals surface area (Å²) >= 11 is 0. The molecular weight excluding hydrogens is 765 g/mol. The quantitative estimate of drug-likeness (QED) is 0.0349. The van der Waals surface area contributed by atoms with Crippen LogP contribution in [0.5, 0.6) is 0 Å². The molecule has 0 aliphatic rings. The predicted octanol–water partition coefficient (Wildman–Crippen LogP) is 16.1. The van der Waals surface area contributed by atoms with Crippen LogP contribution in [0.15, 0.2) is 170 Å². The van der Waals surface area contributed by atoms with Crippen molar-refractivity contribution in [2.24, 2.45) is 0 Å². The molecule has 0 heterocycles. The molecule has 0 aromatic carbocycles. The van der Waals surface area contributed by atoms with Crippen molar-refractivity contribution in [3.05, 3.63) is 170 Å². The molecule has 0 aliphatic heterocycles. The molecule has 0 amide bonds. The van der Waals surface area contributed by atoms with E-state index in [2.05, 4.69) is 173 Å². The van der Waals surface area contributed by atoms with E-state index in [9.17, 15) is 9.59 Å².